The lowest BCUT2D eigenvalue weighted by Crippen LogP contribution is -2.49. The summed E-state index contributed by atoms with van der Waals surface area (Å²) in [5.74, 6) is 0.194. The quantitative estimate of drug-likeness (QED) is 0.866. The van der Waals surface area contributed by atoms with Gasteiger partial charge in [0.05, 0.1) is 17.1 Å². The average molecular weight is 327 g/mol. The number of hydrogen-bond acceptors (Lipinski definition) is 4. The topological polar surface area (TPSA) is 71.3 Å². The Morgan fingerprint density at radius 1 is 1.53 bits per heavy atom. The first-order valence-electron chi connectivity index (χ1n) is 5.59. The lowest BCUT2D eigenvalue weighted by molar-refractivity contribution is -0.124. The molecule has 0 aliphatic heterocycles. The van der Waals surface area contributed by atoms with E-state index in [2.05, 4.69) is 21.2 Å². The van der Waals surface area contributed by atoms with Crippen LogP contribution in [0, 0.1) is 11.3 Å². The minimum absolute atomic E-state index is 0.115. The number of nitriles is 1. The summed E-state index contributed by atoms with van der Waals surface area (Å²) in [6, 6.07) is 9.22. The van der Waals surface area contributed by atoms with Crippen molar-refractivity contribution in [3.05, 3.63) is 28.7 Å². The van der Waals surface area contributed by atoms with Crippen molar-refractivity contribution in [1.82, 2.24) is 5.32 Å². The molecule has 1 aromatic carbocycles. The second kappa shape index (κ2) is 7.12. The summed E-state index contributed by atoms with van der Waals surface area (Å²) in [4.78, 5) is 11.7. The maximum Gasteiger partial charge on any atom is 0.259 e. The van der Waals surface area contributed by atoms with Crippen molar-refractivity contribution in [2.75, 3.05) is 20.3 Å². The van der Waals surface area contributed by atoms with E-state index in [0.717, 1.165) is 4.47 Å². The van der Waals surface area contributed by atoms with Gasteiger partial charge in [-0.25, -0.2) is 0 Å². The standard InChI is InChI=1S/C13H15BrN2O3/c1-13(8-15,9-18-2)16-12(17)7-19-11-6-4-3-5-10(11)14/h3-6H,7,9H2,1-2H3,(H,16,17)/t13-/m0/s1. The van der Waals surface area contributed by atoms with Gasteiger partial charge in [-0.3, -0.25) is 4.79 Å². The number of para-hydroxylation sites is 1. The average Bonchev–Trinajstić information content (AvgIpc) is 2.38. The van der Waals surface area contributed by atoms with Gasteiger partial charge in [0.15, 0.2) is 6.61 Å². The van der Waals surface area contributed by atoms with Gasteiger partial charge in [0, 0.05) is 7.11 Å². The molecule has 0 bridgehead atoms. The van der Waals surface area contributed by atoms with Gasteiger partial charge < -0.3 is 14.8 Å². The second-order valence-electron chi connectivity index (χ2n) is 4.14. The van der Waals surface area contributed by atoms with E-state index < -0.39 is 5.54 Å². The number of hydrogen-bond donors (Lipinski definition) is 1. The van der Waals surface area contributed by atoms with Crippen molar-refractivity contribution in [2.24, 2.45) is 0 Å². The van der Waals surface area contributed by atoms with E-state index >= 15 is 0 Å². The van der Waals surface area contributed by atoms with Gasteiger partial charge >= 0.3 is 0 Å². The molecular weight excluding hydrogens is 312 g/mol. The van der Waals surface area contributed by atoms with Gasteiger partial charge in [-0.05, 0) is 35.0 Å². The maximum atomic E-state index is 11.7. The number of halogens is 1. The van der Waals surface area contributed by atoms with Crippen LogP contribution in [0.3, 0.4) is 0 Å². The molecule has 5 nitrogen and oxygen atoms in total. The predicted molar refractivity (Wildman–Crippen MR) is 73.7 cm³/mol. The monoisotopic (exact) mass is 326 g/mol. The molecule has 0 aromatic heterocycles. The Morgan fingerprint density at radius 2 is 2.21 bits per heavy atom. The van der Waals surface area contributed by atoms with Crippen LogP contribution in [0.5, 0.6) is 5.75 Å². The fourth-order valence-electron chi connectivity index (χ4n) is 1.43. The normalized spacial score (nSPS) is 13.2. The summed E-state index contributed by atoms with van der Waals surface area (Å²) in [7, 11) is 1.47. The Kier molecular flexibility index (Phi) is 5.80. The number of nitrogens with zero attached hydrogens (tertiary/aromatic N) is 1. The molecular formula is C13H15BrN2O3. The number of nitrogens with one attached hydrogen (secondary N) is 1. The van der Waals surface area contributed by atoms with Crippen LogP contribution < -0.4 is 10.1 Å². The largest absolute Gasteiger partial charge is 0.483 e. The molecule has 0 heterocycles. The Hall–Kier alpha value is -1.58. The van der Waals surface area contributed by atoms with Gasteiger partial charge in [-0.1, -0.05) is 12.1 Å². The molecule has 1 N–H and O–H groups in total. The molecule has 6 heteroatoms. The van der Waals surface area contributed by atoms with Crippen molar-refractivity contribution in [3.8, 4) is 11.8 Å². The maximum absolute atomic E-state index is 11.7. The van der Waals surface area contributed by atoms with Gasteiger partial charge in [-0.15, -0.1) is 0 Å². The minimum Gasteiger partial charge on any atom is -0.483 e. The minimum atomic E-state index is -1.05. The van der Waals surface area contributed by atoms with E-state index in [-0.39, 0.29) is 19.1 Å². The summed E-state index contributed by atoms with van der Waals surface area (Å²) < 4.78 is 11.0. The molecule has 19 heavy (non-hydrogen) atoms. The molecule has 1 amide bonds. The van der Waals surface area contributed by atoms with E-state index in [9.17, 15) is 4.79 Å². The van der Waals surface area contributed by atoms with E-state index in [1.54, 1.807) is 13.0 Å². The molecule has 0 aliphatic rings. The second-order valence-corrected chi connectivity index (χ2v) is 5.00. The molecule has 0 fully saturated rings. The first-order valence-corrected chi connectivity index (χ1v) is 6.38. The third-order valence-electron chi connectivity index (χ3n) is 2.29. The molecule has 0 unspecified atom stereocenters. The van der Waals surface area contributed by atoms with Crippen LogP contribution in [0.4, 0.5) is 0 Å². The molecule has 0 saturated carbocycles. The lowest BCUT2D eigenvalue weighted by atomic mass is 10.1. The SMILES string of the molecule is COC[C@](C)(C#N)NC(=O)COc1ccccc1Br. The molecule has 0 spiro atoms. The molecule has 0 radical (unpaired) electrons. The van der Waals surface area contributed by atoms with Crippen LogP contribution >= 0.6 is 15.9 Å². The summed E-state index contributed by atoms with van der Waals surface area (Å²) in [5, 5.41) is 11.6. The smallest absolute Gasteiger partial charge is 0.259 e. The van der Waals surface area contributed by atoms with Crippen LogP contribution in [0.1, 0.15) is 6.92 Å². The van der Waals surface area contributed by atoms with Gasteiger partial charge in [0.1, 0.15) is 11.3 Å². The van der Waals surface area contributed by atoms with Crippen molar-refractivity contribution in [2.45, 2.75) is 12.5 Å². The third kappa shape index (κ3) is 4.89. The fourth-order valence-corrected chi connectivity index (χ4v) is 1.83. The number of amides is 1. The number of benzene rings is 1. The zero-order valence-corrected chi connectivity index (χ0v) is 12.4. The summed E-state index contributed by atoms with van der Waals surface area (Å²) >= 11 is 3.32. The molecule has 0 aliphatic carbocycles. The van der Waals surface area contributed by atoms with Gasteiger partial charge in [0.2, 0.25) is 0 Å². The van der Waals surface area contributed by atoms with Crippen LogP contribution in [-0.2, 0) is 9.53 Å². The summed E-state index contributed by atoms with van der Waals surface area (Å²) in [6.45, 7) is 1.54. The Bertz CT molecular complexity index is 487. The van der Waals surface area contributed by atoms with Crippen LogP contribution in [-0.4, -0.2) is 31.8 Å². The molecule has 1 rings (SSSR count). The zero-order chi connectivity index (χ0) is 14.3. The zero-order valence-electron chi connectivity index (χ0n) is 10.8. The molecule has 102 valence electrons. The highest BCUT2D eigenvalue weighted by atomic mass is 79.9. The Balaban J connectivity index is 2.53. The highest BCUT2D eigenvalue weighted by Gasteiger charge is 2.26. The van der Waals surface area contributed by atoms with Crippen LogP contribution in [0.25, 0.3) is 0 Å². The summed E-state index contributed by atoms with van der Waals surface area (Å²) in [5.41, 5.74) is -1.05. The Morgan fingerprint density at radius 3 is 2.79 bits per heavy atom. The van der Waals surface area contributed by atoms with E-state index in [0.29, 0.717) is 5.75 Å². The number of carbonyl (C=O) groups excluding carboxylic acids is 1. The number of ether oxygens (including phenoxy) is 2. The molecule has 1 atom stereocenters. The predicted octanol–water partition coefficient (Wildman–Crippen LogP) is 1.87. The van der Waals surface area contributed by atoms with Crippen molar-refractivity contribution >= 4 is 21.8 Å². The Labute approximate surface area is 120 Å². The van der Waals surface area contributed by atoms with Crippen LogP contribution in [0.2, 0.25) is 0 Å². The van der Waals surface area contributed by atoms with E-state index in [1.165, 1.54) is 7.11 Å². The fraction of sp³-hybridized carbons (Fsp3) is 0.385. The number of methoxy groups -OCH3 is 1. The third-order valence-corrected chi connectivity index (χ3v) is 2.95. The van der Waals surface area contributed by atoms with Crippen molar-refractivity contribution < 1.29 is 14.3 Å². The molecule has 1 aromatic rings. The van der Waals surface area contributed by atoms with Gasteiger partial charge in [-0.2, -0.15) is 5.26 Å². The van der Waals surface area contributed by atoms with E-state index in [4.69, 9.17) is 14.7 Å². The van der Waals surface area contributed by atoms with Crippen LogP contribution in [0.15, 0.2) is 28.7 Å². The first-order chi connectivity index (χ1) is 9.00. The highest BCUT2D eigenvalue weighted by Crippen LogP contribution is 2.23. The lowest BCUT2D eigenvalue weighted by Gasteiger charge is -2.22. The van der Waals surface area contributed by atoms with Crippen molar-refractivity contribution in [1.29, 1.82) is 5.26 Å². The summed E-state index contributed by atoms with van der Waals surface area (Å²) in [6.07, 6.45) is 0. The number of carbonyl (C=O) groups is 1. The molecule has 0 saturated heterocycles. The first kappa shape index (κ1) is 15.5. The number of rotatable bonds is 6. The highest BCUT2D eigenvalue weighted by molar-refractivity contribution is 9.10. The van der Waals surface area contributed by atoms with E-state index in [1.807, 2.05) is 24.3 Å². The van der Waals surface area contributed by atoms with Crippen molar-refractivity contribution in [3.63, 3.8) is 0 Å². The van der Waals surface area contributed by atoms with Gasteiger partial charge in [0.25, 0.3) is 5.91 Å².